The topological polar surface area (TPSA) is 66.2 Å². The summed E-state index contributed by atoms with van der Waals surface area (Å²) in [5.41, 5.74) is 11.0. The van der Waals surface area contributed by atoms with Gasteiger partial charge in [-0.05, 0) is 65.1 Å². The van der Waals surface area contributed by atoms with Crippen LogP contribution in [0.1, 0.15) is 17.5 Å². The molecule has 1 aromatic heterocycles. The van der Waals surface area contributed by atoms with E-state index in [9.17, 15) is 8.78 Å². The zero-order valence-electron chi connectivity index (χ0n) is 17.3. The molecule has 0 saturated carbocycles. The number of nitrogens with two attached hydrogens (primary N) is 1. The summed E-state index contributed by atoms with van der Waals surface area (Å²) in [6.07, 6.45) is 2.72. The van der Waals surface area contributed by atoms with Gasteiger partial charge < -0.3 is 10.2 Å². The van der Waals surface area contributed by atoms with Crippen LogP contribution in [0.25, 0.3) is 33.2 Å². The Hall–Kier alpha value is -3.53. The number of fused-ring (bicyclic) bond motifs is 1. The predicted octanol–water partition coefficient (Wildman–Crippen LogP) is 5.45. The summed E-state index contributed by atoms with van der Waals surface area (Å²) in [7, 11) is 0. The summed E-state index contributed by atoms with van der Waals surface area (Å²) in [5.74, 6) is -1.28. The molecule has 0 radical (unpaired) electrons. The summed E-state index contributed by atoms with van der Waals surface area (Å²) in [4.78, 5) is 2.30. The molecular formula is C26H21F2N3O. The number of hydrogen-bond acceptors (Lipinski definition) is 4. The molecule has 0 amide bonds. The Morgan fingerprint density at radius 1 is 1.00 bits per heavy atom. The van der Waals surface area contributed by atoms with Gasteiger partial charge in [0, 0.05) is 42.7 Å². The molecule has 0 aliphatic carbocycles. The third kappa shape index (κ3) is 3.89. The van der Waals surface area contributed by atoms with Gasteiger partial charge in [0.1, 0.15) is 17.2 Å². The molecule has 0 bridgehead atoms. The molecule has 1 atom stereocenters. The van der Waals surface area contributed by atoms with Gasteiger partial charge >= 0.3 is 0 Å². The van der Waals surface area contributed by atoms with E-state index in [1.807, 2.05) is 24.3 Å². The lowest BCUT2D eigenvalue weighted by molar-refractivity contribution is 0.326. The molecule has 4 aromatic rings. The molecule has 160 valence electrons. The van der Waals surface area contributed by atoms with E-state index in [-0.39, 0.29) is 6.04 Å². The first-order valence-electron chi connectivity index (χ1n) is 10.5. The predicted molar refractivity (Wildman–Crippen MR) is 120 cm³/mol. The Morgan fingerprint density at radius 2 is 1.72 bits per heavy atom. The molecule has 1 fully saturated rings. The maximum Gasteiger partial charge on any atom is 0.134 e. The van der Waals surface area contributed by atoms with Crippen molar-refractivity contribution in [3.63, 3.8) is 0 Å². The van der Waals surface area contributed by atoms with Gasteiger partial charge in [-0.15, -0.1) is 0 Å². The van der Waals surface area contributed by atoms with Crippen molar-refractivity contribution in [2.45, 2.75) is 19.0 Å². The lowest BCUT2D eigenvalue weighted by Gasteiger charge is -2.15. The van der Waals surface area contributed by atoms with Crippen LogP contribution >= 0.6 is 0 Å². The summed E-state index contributed by atoms with van der Waals surface area (Å²) in [6.45, 7) is 2.51. The van der Waals surface area contributed by atoms with Crippen molar-refractivity contribution in [3.05, 3.63) is 83.6 Å². The zero-order valence-corrected chi connectivity index (χ0v) is 17.3. The Balaban J connectivity index is 1.66. The summed E-state index contributed by atoms with van der Waals surface area (Å²) >= 11 is 0. The number of halogens is 2. The highest BCUT2D eigenvalue weighted by Crippen LogP contribution is 2.38. The van der Waals surface area contributed by atoms with Gasteiger partial charge in [-0.2, -0.15) is 5.26 Å². The molecule has 1 saturated heterocycles. The smallest absolute Gasteiger partial charge is 0.134 e. The molecule has 3 aromatic carbocycles. The lowest BCUT2D eigenvalue weighted by Crippen LogP contribution is -2.26. The van der Waals surface area contributed by atoms with Gasteiger partial charge in [-0.1, -0.05) is 12.1 Å². The molecule has 4 nitrogen and oxygen atoms in total. The van der Waals surface area contributed by atoms with Crippen LogP contribution in [0.5, 0.6) is 0 Å². The van der Waals surface area contributed by atoms with Crippen molar-refractivity contribution in [2.24, 2.45) is 5.73 Å². The van der Waals surface area contributed by atoms with Crippen LogP contribution in [0.3, 0.4) is 0 Å². The van der Waals surface area contributed by atoms with Crippen LogP contribution in [0.2, 0.25) is 0 Å². The summed E-state index contributed by atoms with van der Waals surface area (Å²) in [6, 6.07) is 16.8. The highest BCUT2D eigenvalue weighted by Gasteiger charge is 2.21. The van der Waals surface area contributed by atoms with E-state index < -0.39 is 11.6 Å². The maximum absolute atomic E-state index is 14.0. The maximum atomic E-state index is 14.0. The fraction of sp³-hybridized carbons (Fsp3) is 0.192. The van der Waals surface area contributed by atoms with Gasteiger partial charge in [0.05, 0.1) is 17.9 Å². The lowest BCUT2D eigenvalue weighted by atomic mass is 9.92. The Kier molecular flexibility index (Phi) is 5.22. The monoisotopic (exact) mass is 429 g/mol. The Bertz CT molecular complexity index is 1320. The van der Waals surface area contributed by atoms with Crippen molar-refractivity contribution in [2.75, 3.05) is 13.1 Å². The molecule has 5 rings (SSSR count). The first-order chi connectivity index (χ1) is 15.5. The highest BCUT2D eigenvalue weighted by molar-refractivity contribution is 5.95. The Labute approximate surface area is 184 Å². The molecule has 32 heavy (non-hydrogen) atoms. The van der Waals surface area contributed by atoms with Crippen molar-refractivity contribution in [1.82, 2.24) is 4.90 Å². The molecule has 2 N–H and O–H groups in total. The van der Waals surface area contributed by atoms with E-state index in [1.165, 1.54) is 12.1 Å². The number of nitrogens with zero attached hydrogens (tertiary/aromatic N) is 2. The van der Waals surface area contributed by atoms with E-state index in [2.05, 4.69) is 11.0 Å². The summed E-state index contributed by atoms with van der Waals surface area (Å²) in [5, 5.41) is 10.1. The van der Waals surface area contributed by atoms with E-state index >= 15 is 0 Å². The van der Waals surface area contributed by atoms with E-state index in [0.29, 0.717) is 22.3 Å². The largest absolute Gasteiger partial charge is 0.464 e. The SMILES string of the molecule is N#Cc1ccc(-c2cc3c(CN4CCC(N)C4)coc3cc2-c2cc(F)cc(F)c2)cc1. The first-order valence-corrected chi connectivity index (χ1v) is 10.5. The van der Waals surface area contributed by atoms with Crippen molar-refractivity contribution >= 4 is 11.0 Å². The molecule has 1 aliphatic rings. The number of likely N-dealkylation sites (tertiary alicyclic amines) is 1. The normalized spacial score (nSPS) is 16.5. The number of hydrogen-bond donors (Lipinski definition) is 1. The fourth-order valence-corrected chi connectivity index (χ4v) is 4.41. The van der Waals surface area contributed by atoms with Crippen molar-refractivity contribution in [1.29, 1.82) is 5.26 Å². The van der Waals surface area contributed by atoms with Crippen molar-refractivity contribution in [3.8, 4) is 28.3 Å². The third-order valence-electron chi connectivity index (χ3n) is 6.00. The average molecular weight is 429 g/mol. The minimum Gasteiger partial charge on any atom is -0.464 e. The standard InChI is InChI=1S/C26H21F2N3O/c27-20-7-18(8-21(28)9-20)24-11-26-25(10-23(24)17-3-1-16(12-29)2-4-17)19(15-32-26)13-31-6-5-22(30)14-31/h1-4,7-11,15,22H,5-6,13-14,30H2. The average Bonchev–Trinajstić information content (AvgIpc) is 3.38. The second kappa shape index (κ2) is 8.19. The Morgan fingerprint density at radius 3 is 2.38 bits per heavy atom. The second-order valence-corrected chi connectivity index (χ2v) is 8.29. The highest BCUT2D eigenvalue weighted by atomic mass is 19.1. The van der Waals surface area contributed by atoms with Crippen LogP contribution in [-0.2, 0) is 6.54 Å². The second-order valence-electron chi connectivity index (χ2n) is 8.29. The molecule has 2 heterocycles. The minimum absolute atomic E-state index is 0.192. The number of furan rings is 1. The van der Waals surface area contributed by atoms with E-state index in [0.717, 1.165) is 54.2 Å². The van der Waals surface area contributed by atoms with Crippen molar-refractivity contribution < 1.29 is 13.2 Å². The van der Waals surface area contributed by atoms with Gasteiger partial charge in [0.15, 0.2) is 0 Å². The van der Waals surface area contributed by atoms with Crippen LogP contribution < -0.4 is 5.73 Å². The first kappa shape index (κ1) is 20.4. The third-order valence-corrected chi connectivity index (χ3v) is 6.00. The van der Waals surface area contributed by atoms with Gasteiger partial charge in [0.25, 0.3) is 0 Å². The number of rotatable bonds is 4. The van der Waals surface area contributed by atoms with Crippen LogP contribution in [0, 0.1) is 23.0 Å². The quantitative estimate of drug-likeness (QED) is 0.469. The number of nitriles is 1. The van der Waals surface area contributed by atoms with Gasteiger partial charge in [-0.3, -0.25) is 4.90 Å². The van der Waals surface area contributed by atoms with Crippen LogP contribution in [-0.4, -0.2) is 24.0 Å². The minimum atomic E-state index is -0.642. The zero-order chi connectivity index (χ0) is 22.2. The molecule has 1 unspecified atom stereocenters. The summed E-state index contributed by atoms with van der Waals surface area (Å²) < 4.78 is 33.9. The number of benzene rings is 3. The van der Waals surface area contributed by atoms with Crippen LogP contribution in [0.4, 0.5) is 8.78 Å². The van der Waals surface area contributed by atoms with Crippen LogP contribution in [0.15, 0.2) is 65.3 Å². The van der Waals surface area contributed by atoms with Gasteiger partial charge in [0.2, 0.25) is 0 Å². The van der Waals surface area contributed by atoms with E-state index in [1.54, 1.807) is 18.4 Å². The van der Waals surface area contributed by atoms with Gasteiger partial charge in [-0.25, -0.2) is 8.78 Å². The molecule has 0 spiro atoms. The molecule has 1 aliphatic heterocycles. The fourth-order valence-electron chi connectivity index (χ4n) is 4.41. The van der Waals surface area contributed by atoms with E-state index in [4.69, 9.17) is 15.4 Å². The molecule has 6 heteroatoms. The molecular weight excluding hydrogens is 408 g/mol.